The molecule has 0 atom stereocenters. The number of halogens is 1. The molecule has 0 amide bonds. The molecular formula is C26H22ClN2S+. The third-order valence-corrected chi connectivity index (χ3v) is 7.21. The smallest absolute Gasteiger partial charge is 0.212 e. The molecule has 0 saturated heterocycles. The summed E-state index contributed by atoms with van der Waals surface area (Å²) >= 11 is 7.99. The molecule has 2 heterocycles. The van der Waals surface area contributed by atoms with Crippen molar-refractivity contribution < 1.29 is 4.57 Å². The number of hydrogen-bond acceptors (Lipinski definition) is 2. The van der Waals surface area contributed by atoms with Gasteiger partial charge in [0.1, 0.15) is 7.05 Å². The first-order valence-corrected chi connectivity index (χ1v) is 11.2. The van der Waals surface area contributed by atoms with Gasteiger partial charge in [-0.15, -0.1) is 0 Å². The van der Waals surface area contributed by atoms with Crippen LogP contribution in [0.1, 0.15) is 11.3 Å². The Kier molecular flexibility index (Phi) is 5.01. The highest BCUT2D eigenvalue weighted by Gasteiger charge is 2.29. The predicted molar refractivity (Wildman–Crippen MR) is 128 cm³/mol. The van der Waals surface area contributed by atoms with Gasteiger partial charge < -0.3 is 4.90 Å². The molecule has 0 N–H and O–H groups in total. The van der Waals surface area contributed by atoms with Gasteiger partial charge in [0.25, 0.3) is 0 Å². The Balaban J connectivity index is 1.70. The number of aromatic nitrogens is 1. The van der Waals surface area contributed by atoms with E-state index in [9.17, 15) is 0 Å². The Morgan fingerprint density at radius 2 is 1.63 bits per heavy atom. The number of benzene rings is 3. The lowest BCUT2D eigenvalue weighted by Gasteiger charge is -2.18. The molecule has 5 rings (SSSR count). The van der Waals surface area contributed by atoms with Gasteiger partial charge in [0.15, 0.2) is 0 Å². The van der Waals surface area contributed by atoms with E-state index in [1.54, 1.807) is 0 Å². The Bertz CT molecular complexity index is 1280. The maximum absolute atomic E-state index is 6.14. The monoisotopic (exact) mass is 429 g/mol. The third-order valence-electron chi connectivity index (χ3n) is 5.68. The van der Waals surface area contributed by atoms with Crippen molar-refractivity contribution in [2.75, 3.05) is 11.9 Å². The van der Waals surface area contributed by atoms with E-state index in [4.69, 9.17) is 11.6 Å². The minimum absolute atomic E-state index is 0.768. The number of anilines is 1. The van der Waals surface area contributed by atoms with Crippen LogP contribution >= 0.6 is 23.4 Å². The van der Waals surface area contributed by atoms with Crippen molar-refractivity contribution in [2.45, 2.75) is 11.3 Å². The zero-order valence-electron chi connectivity index (χ0n) is 17.0. The summed E-state index contributed by atoms with van der Waals surface area (Å²) in [6.45, 7) is 0. The highest BCUT2D eigenvalue weighted by atomic mass is 35.5. The van der Waals surface area contributed by atoms with Gasteiger partial charge in [-0.25, -0.2) is 0 Å². The number of pyridine rings is 1. The second kappa shape index (κ2) is 7.82. The lowest BCUT2D eigenvalue weighted by molar-refractivity contribution is -0.647. The van der Waals surface area contributed by atoms with E-state index in [1.807, 2.05) is 23.9 Å². The van der Waals surface area contributed by atoms with Gasteiger partial charge in [-0.05, 0) is 42.0 Å². The minimum atomic E-state index is 0.768. The summed E-state index contributed by atoms with van der Waals surface area (Å²) in [5.74, 6) is 0. The summed E-state index contributed by atoms with van der Waals surface area (Å²) in [5.41, 5.74) is 6.28. The summed E-state index contributed by atoms with van der Waals surface area (Å²) in [6.07, 6.45) is 0.837. The summed E-state index contributed by atoms with van der Waals surface area (Å²) < 4.78 is 2.31. The molecule has 0 aliphatic carbocycles. The first-order chi connectivity index (χ1) is 14.6. The molecule has 0 unspecified atom stereocenters. The summed E-state index contributed by atoms with van der Waals surface area (Å²) in [6, 6.07) is 29.8. The van der Waals surface area contributed by atoms with Crippen LogP contribution in [-0.4, -0.2) is 7.05 Å². The van der Waals surface area contributed by atoms with Crippen LogP contribution in [0.3, 0.4) is 0 Å². The van der Waals surface area contributed by atoms with E-state index in [1.165, 1.54) is 43.3 Å². The molecule has 30 heavy (non-hydrogen) atoms. The molecule has 1 aliphatic rings. The number of para-hydroxylation sites is 2. The van der Waals surface area contributed by atoms with Crippen LogP contribution in [0.2, 0.25) is 5.02 Å². The van der Waals surface area contributed by atoms with Crippen molar-refractivity contribution in [3.8, 4) is 0 Å². The SMILES string of the molecule is CN1/C(=C(/Cc2ccc(Cl)cc2)c2ccc3ccccc3[n+]2C)Sc2ccccc21. The summed E-state index contributed by atoms with van der Waals surface area (Å²) in [5, 5.41) is 3.29. The predicted octanol–water partition coefficient (Wildman–Crippen LogP) is 6.47. The molecule has 0 saturated carbocycles. The van der Waals surface area contributed by atoms with Crippen molar-refractivity contribution in [2.24, 2.45) is 7.05 Å². The third kappa shape index (κ3) is 3.38. The largest absolute Gasteiger partial charge is 0.338 e. The Morgan fingerprint density at radius 1 is 0.900 bits per heavy atom. The number of rotatable bonds is 3. The molecule has 1 aliphatic heterocycles. The average Bonchev–Trinajstić information content (AvgIpc) is 3.11. The summed E-state index contributed by atoms with van der Waals surface area (Å²) in [7, 11) is 4.32. The normalized spacial score (nSPS) is 14.8. The van der Waals surface area contributed by atoms with Gasteiger partial charge >= 0.3 is 0 Å². The quantitative estimate of drug-likeness (QED) is 0.344. The average molecular weight is 430 g/mol. The van der Waals surface area contributed by atoms with E-state index < -0.39 is 0 Å². The topological polar surface area (TPSA) is 7.12 Å². The lowest BCUT2D eigenvalue weighted by atomic mass is 10.0. The van der Waals surface area contributed by atoms with Gasteiger partial charge in [-0.3, -0.25) is 0 Å². The molecule has 1 aromatic heterocycles. The Hall–Kier alpha value is -2.75. The number of hydrogen-bond donors (Lipinski definition) is 0. The van der Waals surface area contributed by atoms with Crippen LogP contribution in [0.15, 0.2) is 94.9 Å². The molecule has 2 nitrogen and oxygen atoms in total. The van der Waals surface area contributed by atoms with Crippen molar-refractivity contribution in [1.29, 1.82) is 0 Å². The van der Waals surface area contributed by atoms with Crippen LogP contribution in [-0.2, 0) is 13.5 Å². The molecule has 0 spiro atoms. The van der Waals surface area contributed by atoms with Crippen molar-refractivity contribution >= 4 is 45.5 Å². The van der Waals surface area contributed by atoms with E-state index >= 15 is 0 Å². The summed E-state index contributed by atoms with van der Waals surface area (Å²) in [4.78, 5) is 3.62. The lowest BCUT2D eigenvalue weighted by Crippen LogP contribution is -2.35. The maximum Gasteiger partial charge on any atom is 0.212 e. The highest BCUT2D eigenvalue weighted by molar-refractivity contribution is 8.04. The highest BCUT2D eigenvalue weighted by Crippen LogP contribution is 2.48. The molecule has 4 heteroatoms. The first kappa shape index (κ1) is 19.2. The number of thioether (sulfide) groups is 1. The minimum Gasteiger partial charge on any atom is -0.338 e. The molecule has 4 aromatic rings. The molecular weight excluding hydrogens is 408 g/mol. The van der Waals surface area contributed by atoms with Crippen molar-refractivity contribution in [3.63, 3.8) is 0 Å². The maximum atomic E-state index is 6.14. The van der Waals surface area contributed by atoms with Gasteiger partial charge in [0.05, 0.1) is 16.3 Å². The van der Waals surface area contributed by atoms with E-state index in [2.05, 4.69) is 96.4 Å². The van der Waals surface area contributed by atoms with Crippen LogP contribution in [0.4, 0.5) is 5.69 Å². The number of fused-ring (bicyclic) bond motifs is 2. The fourth-order valence-electron chi connectivity index (χ4n) is 4.10. The fraction of sp³-hybridized carbons (Fsp3) is 0.115. The van der Waals surface area contributed by atoms with Crippen LogP contribution in [0.25, 0.3) is 16.5 Å². The molecule has 0 radical (unpaired) electrons. The van der Waals surface area contributed by atoms with Gasteiger partial charge in [-0.2, -0.15) is 4.57 Å². The molecule has 3 aromatic carbocycles. The first-order valence-electron chi connectivity index (χ1n) is 9.98. The van der Waals surface area contributed by atoms with Gasteiger partial charge in [0.2, 0.25) is 11.2 Å². The zero-order valence-corrected chi connectivity index (χ0v) is 18.5. The molecule has 0 bridgehead atoms. The van der Waals surface area contributed by atoms with Crippen LogP contribution in [0.5, 0.6) is 0 Å². The number of nitrogens with zero attached hydrogens (tertiary/aromatic N) is 2. The molecule has 148 valence electrons. The second-order valence-electron chi connectivity index (χ2n) is 7.55. The number of allylic oxidation sites excluding steroid dienone is 1. The van der Waals surface area contributed by atoms with Crippen molar-refractivity contribution in [3.05, 3.63) is 106 Å². The zero-order chi connectivity index (χ0) is 20.7. The van der Waals surface area contributed by atoms with Crippen LogP contribution < -0.4 is 9.47 Å². The van der Waals surface area contributed by atoms with E-state index in [-0.39, 0.29) is 0 Å². The second-order valence-corrected chi connectivity index (χ2v) is 9.02. The van der Waals surface area contributed by atoms with E-state index in [0.717, 1.165) is 11.4 Å². The molecule has 0 fully saturated rings. The van der Waals surface area contributed by atoms with Gasteiger partial charge in [-0.1, -0.05) is 59.8 Å². The van der Waals surface area contributed by atoms with Gasteiger partial charge in [0, 0.05) is 40.9 Å². The van der Waals surface area contributed by atoms with E-state index in [0.29, 0.717) is 0 Å². The Morgan fingerprint density at radius 3 is 2.43 bits per heavy atom. The van der Waals surface area contributed by atoms with Crippen LogP contribution in [0, 0.1) is 0 Å². The number of aryl methyl sites for hydroxylation is 1. The fourth-order valence-corrected chi connectivity index (χ4v) is 5.42. The Labute approximate surface area is 186 Å². The standard InChI is InChI=1S/C26H22ClN2S/c1-28-22-8-4-3-7-19(22)13-16-23(28)21(17-18-11-14-20(27)15-12-18)26-29(2)24-9-5-6-10-25(24)30-26/h3-16H,17H2,1-2H3/q+1. The van der Waals surface area contributed by atoms with Crippen molar-refractivity contribution in [1.82, 2.24) is 0 Å².